The fraction of sp³-hybridized carbons (Fsp3) is 0.350. The summed E-state index contributed by atoms with van der Waals surface area (Å²) in [7, 11) is -0.792. The smallest absolute Gasteiger partial charge is 0.255 e. The summed E-state index contributed by atoms with van der Waals surface area (Å²) in [4.78, 5) is 12.9. The second-order valence-corrected chi connectivity index (χ2v) is 9.52. The minimum Gasteiger partial charge on any atom is -0.496 e. The van der Waals surface area contributed by atoms with E-state index < -0.39 is 10.0 Å². The molecule has 1 aliphatic rings. The lowest BCUT2D eigenvalue weighted by Crippen LogP contribution is -2.29. The van der Waals surface area contributed by atoms with Gasteiger partial charge in [0.15, 0.2) is 0 Å². The Labute approximate surface area is 175 Å². The van der Waals surface area contributed by atoms with E-state index in [1.54, 1.807) is 18.2 Å². The number of hydrogen-bond donors (Lipinski definition) is 2. The number of rotatable bonds is 6. The van der Waals surface area contributed by atoms with Gasteiger partial charge in [0.1, 0.15) is 11.5 Å². The minimum atomic E-state index is -3.75. The summed E-state index contributed by atoms with van der Waals surface area (Å²) in [5.41, 5.74) is 1.03. The predicted octanol–water partition coefficient (Wildman–Crippen LogP) is 2.93. The molecule has 1 amide bonds. The van der Waals surface area contributed by atoms with Crippen molar-refractivity contribution in [1.29, 1.82) is 0 Å². The summed E-state index contributed by atoms with van der Waals surface area (Å²) in [5, 5.41) is 8.49. The highest BCUT2D eigenvalue weighted by Gasteiger charge is 2.59. The van der Waals surface area contributed by atoms with Gasteiger partial charge in [-0.3, -0.25) is 4.79 Å². The lowest BCUT2D eigenvalue weighted by atomic mass is 10.0. The van der Waals surface area contributed by atoms with Crippen LogP contribution in [0, 0.1) is 5.41 Å². The van der Waals surface area contributed by atoms with E-state index in [0.29, 0.717) is 22.1 Å². The van der Waals surface area contributed by atoms with E-state index in [2.05, 4.69) is 5.32 Å². The molecular formula is C20H23ClN2O5S. The number of nitrogens with two attached hydrogens (primary N) is 1. The molecule has 9 heteroatoms. The Morgan fingerprint density at radius 3 is 2.21 bits per heavy atom. The Morgan fingerprint density at radius 2 is 1.69 bits per heavy atom. The van der Waals surface area contributed by atoms with Gasteiger partial charge in [-0.25, -0.2) is 13.6 Å². The van der Waals surface area contributed by atoms with Gasteiger partial charge in [-0.1, -0.05) is 37.6 Å². The first-order chi connectivity index (χ1) is 13.5. The average Bonchev–Trinajstić information content (AvgIpc) is 3.20. The van der Waals surface area contributed by atoms with Crippen LogP contribution in [-0.4, -0.2) is 34.6 Å². The first-order valence-corrected chi connectivity index (χ1v) is 10.8. The third-order valence-electron chi connectivity index (χ3n) is 5.40. The first-order valence-electron chi connectivity index (χ1n) is 8.86. The molecule has 1 unspecified atom stereocenters. The molecule has 0 aromatic heterocycles. The fourth-order valence-electron chi connectivity index (χ4n) is 3.65. The highest BCUT2D eigenvalue weighted by atomic mass is 35.5. The number of sulfonamides is 1. The standard InChI is InChI=1S/C20H23ClN2O5S/c1-20(2)17(11-5-7-12(8-6-11)29(22,25)26)18(20)23-19(24)13-9-14(21)16(28-4)10-15(13)27-3/h5-10,17-18H,1-4H3,(H,23,24)(H2,22,25,26)/t17-,18?/m0/s1. The molecule has 2 aromatic carbocycles. The number of carbonyl (C=O) groups excluding carboxylic acids is 1. The van der Waals surface area contributed by atoms with Gasteiger partial charge in [-0.2, -0.15) is 0 Å². The largest absolute Gasteiger partial charge is 0.496 e. The summed E-state index contributed by atoms with van der Waals surface area (Å²) < 4.78 is 33.4. The maximum atomic E-state index is 12.9. The van der Waals surface area contributed by atoms with Crippen LogP contribution in [0.1, 0.15) is 35.7 Å². The summed E-state index contributed by atoms with van der Waals surface area (Å²) in [6, 6.07) is 9.35. The zero-order valence-corrected chi connectivity index (χ0v) is 18.1. The molecule has 156 valence electrons. The number of carbonyl (C=O) groups is 1. The third-order valence-corrected chi connectivity index (χ3v) is 6.62. The van der Waals surface area contributed by atoms with Crippen molar-refractivity contribution in [2.24, 2.45) is 10.6 Å². The van der Waals surface area contributed by atoms with Gasteiger partial charge >= 0.3 is 0 Å². The van der Waals surface area contributed by atoms with Gasteiger partial charge in [0.25, 0.3) is 5.91 Å². The Balaban J connectivity index is 1.82. The maximum Gasteiger partial charge on any atom is 0.255 e. The van der Waals surface area contributed by atoms with Crippen molar-refractivity contribution in [2.75, 3.05) is 14.2 Å². The molecule has 0 bridgehead atoms. The quantitative estimate of drug-likeness (QED) is 0.720. The predicted molar refractivity (Wildman–Crippen MR) is 110 cm³/mol. The van der Waals surface area contributed by atoms with Crippen LogP contribution in [0.4, 0.5) is 0 Å². The van der Waals surface area contributed by atoms with E-state index in [9.17, 15) is 13.2 Å². The maximum absolute atomic E-state index is 12.9. The molecule has 1 aliphatic carbocycles. The molecule has 7 nitrogen and oxygen atoms in total. The second kappa shape index (κ2) is 7.51. The van der Waals surface area contributed by atoms with Crippen LogP contribution < -0.4 is 19.9 Å². The molecule has 3 rings (SSSR count). The van der Waals surface area contributed by atoms with Crippen LogP contribution in [0.25, 0.3) is 0 Å². The van der Waals surface area contributed by atoms with Crippen molar-refractivity contribution in [3.05, 3.63) is 52.5 Å². The molecule has 3 N–H and O–H groups in total. The minimum absolute atomic E-state index is 0.0284. The second-order valence-electron chi connectivity index (χ2n) is 7.55. The number of primary sulfonamides is 1. The highest BCUT2D eigenvalue weighted by molar-refractivity contribution is 7.89. The van der Waals surface area contributed by atoms with Crippen LogP contribution in [0.5, 0.6) is 11.5 Å². The number of amides is 1. The van der Waals surface area contributed by atoms with E-state index in [1.807, 2.05) is 13.8 Å². The van der Waals surface area contributed by atoms with Crippen molar-refractivity contribution in [3.8, 4) is 11.5 Å². The molecular weight excluding hydrogens is 416 g/mol. The molecule has 0 saturated heterocycles. The van der Waals surface area contributed by atoms with Crippen molar-refractivity contribution in [2.45, 2.75) is 30.7 Å². The average molecular weight is 439 g/mol. The first kappa shape index (κ1) is 21.4. The lowest BCUT2D eigenvalue weighted by molar-refractivity contribution is 0.0943. The van der Waals surface area contributed by atoms with E-state index in [-0.39, 0.29) is 28.2 Å². The van der Waals surface area contributed by atoms with Crippen LogP contribution in [0.3, 0.4) is 0 Å². The number of ether oxygens (including phenoxy) is 2. The highest BCUT2D eigenvalue weighted by Crippen LogP contribution is 2.58. The van der Waals surface area contributed by atoms with Crippen LogP contribution >= 0.6 is 11.6 Å². The number of nitrogens with one attached hydrogen (secondary N) is 1. The normalized spacial score (nSPS) is 20.1. The Hall–Kier alpha value is -2.29. The van der Waals surface area contributed by atoms with Crippen LogP contribution in [0.15, 0.2) is 41.3 Å². The van der Waals surface area contributed by atoms with Gasteiger partial charge in [0.2, 0.25) is 10.0 Å². The van der Waals surface area contributed by atoms with E-state index in [1.165, 1.54) is 32.4 Å². The number of benzene rings is 2. The molecule has 1 saturated carbocycles. The fourth-order valence-corrected chi connectivity index (χ4v) is 4.41. The Kier molecular flexibility index (Phi) is 5.55. The van der Waals surface area contributed by atoms with Gasteiger partial charge in [-0.15, -0.1) is 0 Å². The third kappa shape index (κ3) is 4.05. The molecule has 29 heavy (non-hydrogen) atoms. The number of halogens is 1. The number of methoxy groups -OCH3 is 2. The van der Waals surface area contributed by atoms with Crippen molar-refractivity contribution >= 4 is 27.5 Å². The molecule has 2 atom stereocenters. The Bertz CT molecular complexity index is 1050. The van der Waals surface area contributed by atoms with Crippen molar-refractivity contribution in [1.82, 2.24) is 5.32 Å². The molecule has 0 spiro atoms. The van der Waals surface area contributed by atoms with Crippen LogP contribution in [-0.2, 0) is 10.0 Å². The summed E-state index contributed by atoms with van der Waals surface area (Å²) in [6.45, 7) is 4.07. The van der Waals surface area contributed by atoms with Gasteiger partial charge < -0.3 is 14.8 Å². The molecule has 1 fully saturated rings. The molecule has 0 radical (unpaired) electrons. The van der Waals surface area contributed by atoms with Crippen LogP contribution in [0.2, 0.25) is 5.02 Å². The zero-order valence-electron chi connectivity index (χ0n) is 16.5. The van der Waals surface area contributed by atoms with Crippen molar-refractivity contribution < 1.29 is 22.7 Å². The van der Waals surface area contributed by atoms with Gasteiger partial charge in [0.05, 0.1) is 29.7 Å². The zero-order chi connectivity index (χ0) is 21.6. The molecule has 0 aliphatic heterocycles. The lowest BCUT2D eigenvalue weighted by Gasteiger charge is -2.13. The van der Waals surface area contributed by atoms with Crippen molar-refractivity contribution in [3.63, 3.8) is 0 Å². The monoisotopic (exact) mass is 438 g/mol. The summed E-state index contributed by atoms with van der Waals surface area (Å²) in [5.74, 6) is 0.490. The van der Waals surface area contributed by atoms with Gasteiger partial charge in [0, 0.05) is 18.0 Å². The van der Waals surface area contributed by atoms with E-state index >= 15 is 0 Å². The van der Waals surface area contributed by atoms with Gasteiger partial charge in [-0.05, 0) is 29.2 Å². The van der Waals surface area contributed by atoms with E-state index in [0.717, 1.165) is 5.56 Å². The summed E-state index contributed by atoms with van der Waals surface area (Å²) >= 11 is 6.17. The molecule has 2 aromatic rings. The summed E-state index contributed by atoms with van der Waals surface area (Å²) in [6.07, 6.45) is 0. The van der Waals surface area contributed by atoms with E-state index in [4.69, 9.17) is 26.2 Å². The molecule has 0 heterocycles. The topological polar surface area (TPSA) is 108 Å². The SMILES string of the molecule is COc1cc(OC)c(C(=O)NC2[C@H](c3ccc(S(N)(=O)=O)cc3)C2(C)C)cc1Cl. The Morgan fingerprint density at radius 1 is 1.10 bits per heavy atom. The number of hydrogen-bond acceptors (Lipinski definition) is 5.